The Bertz CT molecular complexity index is 345. The van der Waals surface area contributed by atoms with Crippen molar-refractivity contribution in [3.8, 4) is 0 Å². The summed E-state index contributed by atoms with van der Waals surface area (Å²) in [6.45, 7) is 3.50. The third kappa shape index (κ3) is 2.49. The number of aromatic nitrogens is 1. The van der Waals surface area contributed by atoms with Crippen molar-refractivity contribution in [3.63, 3.8) is 0 Å². The summed E-state index contributed by atoms with van der Waals surface area (Å²) in [7, 11) is 0. The maximum atomic E-state index is 11.5. The Labute approximate surface area is 91.5 Å². The second kappa shape index (κ2) is 4.02. The summed E-state index contributed by atoms with van der Waals surface area (Å²) in [6.07, 6.45) is 0. The van der Waals surface area contributed by atoms with Crippen molar-refractivity contribution in [1.29, 1.82) is 0 Å². The maximum Gasteiger partial charge on any atom is 0.271 e. The van der Waals surface area contributed by atoms with Gasteiger partial charge in [0.25, 0.3) is 5.91 Å². The Morgan fingerprint density at radius 2 is 2.36 bits per heavy atom. The van der Waals surface area contributed by atoms with Gasteiger partial charge in [-0.3, -0.25) is 4.79 Å². The first-order valence-corrected chi connectivity index (χ1v) is 5.29. The van der Waals surface area contributed by atoms with Crippen LogP contribution in [0.2, 0.25) is 0 Å². The molecule has 1 amide bonds. The zero-order valence-corrected chi connectivity index (χ0v) is 9.54. The summed E-state index contributed by atoms with van der Waals surface area (Å²) in [5.74, 6) is -0.260. The van der Waals surface area contributed by atoms with Gasteiger partial charge in [-0.25, -0.2) is 4.98 Å². The van der Waals surface area contributed by atoms with Crippen LogP contribution in [0.5, 0.6) is 0 Å². The van der Waals surface area contributed by atoms with Crippen LogP contribution < -0.4 is 11.1 Å². The fourth-order valence-electron chi connectivity index (χ4n) is 0.734. The second-order valence-corrected chi connectivity index (χ2v) is 4.48. The van der Waals surface area contributed by atoms with Crippen LogP contribution in [0.15, 0.2) is 10.9 Å². The number of carbonyl (C=O) groups excluding carboxylic acids is 1. The molecule has 76 valence electrons. The highest BCUT2D eigenvalue weighted by molar-refractivity contribution is 7.80. The van der Waals surface area contributed by atoms with E-state index in [9.17, 15) is 4.79 Å². The van der Waals surface area contributed by atoms with E-state index >= 15 is 0 Å². The molecule has 0 saturated carbocycles. The second-order valence-electron chi connectivity index (χ2n) is 3.32. The van der Waals surface area contributed by atoms with E-state index in [-0.39, 0.29) is 10.9 Å². The number of carbonyl (C=O) groups is 1. The molecule has 1 rings (SSSR count). The molecule has 14 heavy (non-hydrogen) atoms. The molecule has 0 aromatic carbocycles. The molecule has 1 aromatic heterocycles. The zero-order valence-electron chi connectivity index (χ0n) is 7.90. The predicted octanol–water partition coefficient (Wildman–Crippen LogP) is 0.938. The monoisotopic (exact) mass is 229 g/mol. The highest BCUT2D eigenvalue weighted by Gasteiger charge is 2.24. The van der Waals surface area contributed by atoms with Gasteiger partial charge in [0.1, 0.15) is 5.69 Å². The van der Waals surface area contributed by atoms with Crippen molar-refractivity contribution in [3.05, 3.63) is 16.6 Å². The molecular formula is C8H11N3OS2. The van der Waals surface area contributed by atoms with Gasteiger partial charge >= 0.3 is 0 Å². The molecule has 3 N–H and O–H groups in total. The van der Waals surface area contributed by atoms with E-state index < -0.39 is 5.54 Å². The number of hydrogen-bond donors (Lipinski definition) is 2. The van der Waals surface area contributed by atoms with Crippen LogP contribution >= 0.6 is 23.6 Å². The van der Waals surface area contributed by atoms with Gasteiger partial charge in [-0.05, 0) is 13.8 Å². The third-order valence-electron chi connectivity index (χ3n) is 1.71. The van der Waals surface area contributed by atoms with E-state index in [0.717, 1.165) is 0 Å². The van der Waals surface area contributed by atoms with Crippen LogP contribution in [-0.4, -0.2) is 21.4 Å². The van der Waals surface area contributed by atoms with E-state index in [0.29, 0.717) is 5.69 Å². The van der Waals surface area contributed by atoms with Crippen LogP contribution in [-0.2, 0) is 0 Å². The van der Waals surface area contributed by atoms with Gasteiger partial charge < -0.3 is 11.1 Å². The first-order valence-electron chi connectivity index (χ1n) is 3.94. The third-order valence-corrected chi connectivity index (χ3v) is 2.80. The van der Waals surface area contributed by atoms with Crippen molar-refractivity contribution in [2.24, 2.45) is 5.73 Å². The highest BCUT2D eigenvalue weighted by atomic mass is 32.1. The summed E-state index contributed by atoms with van der Waals surface area (Å²) in [5.41, 5.74) is 6.77. The molecule has 1 heterocycles. The van der Waals surface area contributed by atoms with Crippen LogP contribution in [0.4, 0.5) is 0 Å². The molecule has 0 bridgehead atoms. The molecule has 0 spiro atoms. The van der Waals surface area contributed by atoms with E-state index in [1.54, 1.807) is 24.7 Å². The summed E-state index contributed by atoms with van der Waals surface area (Å²) >= 11 is 6.19. The maximum absolute atomic E-state index is 11.5. The average Bonchev–Trinajstić information content (AvgIpc) is 2.54. The molecule has 0 saturated heterocycles. The SMILES string of the molecule is CC(C)(NC(=O)c1cscn1)C(N)=S. The Kier molecular flexibility index (Phi) is 3.17. The number of hydrogen-bond acceptors (Lipinski definition) is 4. The molecule has 0 aliphatic carbocycles. The van der Waals surface area contributed by atoms with Gasteiger partial charge in [-0.2, -0.15) is 0 Å². The summed E-state index contributed by atoms with van der Waals surface area (Å²) in [4.78, 5) is 15.7. The van der Waals surface area contributed by atoms with Gasteiger partial charge in [-0.1, -0.05) is 12.2 Å². The number of nitrogens with two attached hydrogens (primary N) is 1. The van der Waals surface area contributed by atoms with Crippen LogP contribution in [0.1, 0.15) is 24.3 Å². The van der Waals surface area contributed by atoms with Crippen molar-refractivity contribution >= 4 is 34.5 Å². The van der Waals surface area contributed by atoms with Crippen LogP contribution in [0, 0.1) is 0 Å². The molecule has 0 aliphatic heterocycles. The molecule has 0 atom stereocenters. The molecule has 0 aliphatic rings. The molecule has 0 radical (unpaired) electrons. The van der Waals surface area contributed by atoms with Crippen molar-refractivity contribution in [1.82, 2.24) is 10.3 Å². The Morgan fingerprint density at radius 1 is 1.71 bits per heavy atom. The number of rotatable bonds is 3. The van der Waals surface area contributed by atoms with Gasteiger partial charge in [-0.15, -0.1) is 11.3 Å². The Balaban J connectivity index is 2.71. The lowest BCUT2D eigenvalue weighted by molar-refractivity contribution is 0.0928. The molecule has 0 unspecified atom stereocenters. The lowest BCUT2D eigenvalue weighted by Crippen LogP contribution is -2.52. The van der Waals surface area contributed by atoms with Crippen molar-refractivity contribution < 1.29 is 4.79 Å². The van der Waals surface area contributed by atoms with Crippen LogP contribution in [0.3, 0.4) is 0 Å². The normalized spacial score (nSPS) is 11.0. The summed E-state index contributed by atoms with van der Waals surface area (Å²) in [5, 5.41) is 4.37. The van der Waals surface area contributed by atoms with Gasteiger partial charge in [0.2, 0.25) is 0 Å². The minimum Gasteiger partial charge on any atom is -0.391 e. The van der Waals surface area contributed by atoms with Crippen LogP contribution in [0.25, 0.3) is 0 Å². The Hall–Kier alpha value is -1.01. The molecule has 1 aromatic rings. The largest absolute Gasteiger partial charge is 0.391 e. The quantitative estimate of drug-likeness (QED) is 0.757. The van der Waals surface area contributed by atoms with E-state index in [4.69, 9.17) is 18.0 Å². The smallest absolute Gasteiger partial charge is 0.271 e. The first kappa shape index (κ1) is 11.1. The fraction of sp³-hybridized carbons (Fsp3) is 0.375. The first-order chi connectivity index (χ1) is 6.43. The van der Waals surface area contributed by atoms with Crippen molar-refractivity contribution in [2.75, 3.05) is 0 Å². The zero-order chi connectivity index (χ0) is 10.8. The molecule has 4 nitrogen and oxygen atoms in total. The minimum absolute atomic E-state index is 0.251. The van der Waals surface area contributed by atoms with E-state index in [2.05, 4.69) is 10.3 Å². The predicted molar refractivity (Wildman–Crippen MR) is 60.4 cm³/mol. The van der Waals surface area contributed by atoms with E-state index in [1.807, 2.05) is 0 Å². The van der Waals surface area contributed by atoms with Crippen molar-refractivity contribution in [2.45, 2.75) is 19.4 Å². The number of thiocarbonyl (C=S) groups is 1. The van der Waals surface area contributed by atoms with Gasteiger partial charge in [0.05, 0.1) is 16.0 Å². The number of nitrogens with zero attached hydrogens (tertiary/aromatic N) is 1. The fourth-order valence-corrected chi connectivity index (χ4v) is 1.32. The molecule has 6 heteroatoms. The number of thiazole rings is 1. The lowest BCUT2D eigenvalue weighted by Gasteiger charge is -2.24. The average molecular weight is 229 g/mol. The Morgan fingerprint density at radius 3 is 2.79 bits per heavy atom. The summed E-state index contributed by atoms with van der Waals surface area (Å²) < 4.78 is 0. The number of amides is 1. The summed E-state index contributed by atoms with van der Waals surface area (Å²) in [6, 6.07) is 0. The number of nitrogens with one attached hydrogen (secondary N) is 1. The molecular weight excluding hydrogens is 218 g/mol. The van der Waals surface area contributed by atoms with Gasteiger partial charge in [0.15, 0.2) is 0 Å². The molecule has 0 fully saturated rings. The standard InChI is InChI=1S/C8H11N3OS2/c1-8(2,7(9)13)11-6(12)5-3-14-4-10-5/h3-4H,1-2H3,(H2,9,13)(H,11,12). The van der Waals surface area contributed by atoms with Gasteiger partial charge in [0, 0.05) is 5.38 Å². The topological polar surface area (TPSA) is 68.0 Å². The lowest BCUT2D eigenvalue weighted by atomic mass is 10.1. The minimum atomic E-state index is -0.684. The highest BCUT2D eigenvalue weighted by Crippen LogP contribution is 2.06. The van der Waals surface area contributed by atoms with E-state index in [1.165, 1.54) is 11.3 Å².